The van der Waals surface area contributed by atoms with Crippen molar-refractivity contribution >= 4 is 19.9 Å². The van der Waals surface area contributed by atoms with Crippen LogP contribution in [0.5, 0.6) is 0 Å². The summed E-state index contributed by atoms with van der Waals surface area (Å²) in [6, 6.07) is 13.0. The number of aryl methyl sites for hydroxylation is 2. The second-order valence-corrected chi connectivity index (χ2v) is 11.0. The molecule has 1 heterocycles. The average molecular weight is 410 g/mol. The molecule has 2 aromatic rings. The monoisotopic (exact) mass is 409 g/mol. The standard InChI is InChI=1S/C19H23NO5S2/c1-14-8-9-19(15(2)10-14)27(24,25)20(11-16-6-4-3-5-7-16)17-12-26(22,23)13-18(17)21/h3-10,17-18,21H,11-13H2,1-2H3/t17-,18-/m0/s1. The van der Waals surface area contributed by atoms with Gasteiger partial charge >= 0.3 is 0 Å². The van der Waals surface area contributed by atoms with Gasteiger partial charge in [0, 0.05) is 6.54 Å². The highest BCUT2D eigenvalue weighted by atomic mass is 32.2. The SMILES string of the molecule is Cc1ccc(S(=O)(=O)N(Cc2ccccc2)[C@H]2CS(=O)(=O)C[C@@H]2O)c(C)c1. The molecule has 0 bridgehead atoms. The van der Waals surface area contributed by atoms with Crippen molar-refractivity contribution in [3.63, 3.8) is 0 Å². The Kier molecular flexibility index (Phi) is 5.45. The first-order chi connectivity index (χ1) is 12.6. The van der Waals surface area contributed by atoms with Crippen molar-refractivity contribution in [2.75, 3.05) is 11.5 Å². The molecule has 146 valence electrons. The van der Waals surface area contributed by atoms with E-state index in [0.29, 0.717) is 5.56 Å². The Bertz CT molecular complexity index is 1030. The number of sulfone groups is 1. The Balaban J connectivity index is 2.08. The molecule has 0 aromatic heterocycles. The molecule has 2 atom stereocenters. The van der Waals surface area contributed by atoms with Crippen molar-refractivity contribution in [3.8, 4) is 0 Å². The van der Waals surface area contributed by atoms with E-state index in [2.05, 4.69) is 0 Å². The molecule has 1 N–H and O–H groups in total. The Labute approximate surface area is 160 Å². The predicted molar refractivity (Wildman–Crippen MR) is 104 cm³/mol. The van der Waals surface area contributed by atoms with Gasteiger partial charge in [0.05, 0.1) is 28.5 Å². The number of aliphatic hydroxyl groups excluding tert-OH is 1. The highest BCUT2D eigenvalue weighted by Gasteiger charge is 2.45. The van der Waals surface area contributed by atoms with Crippen LogP contribution in [0.25, 0.3) is 0 Å². The van der Waals surface area contributed by atoms with Crippen molar-refractivity contribution < 1.29 is 21.9 Å². The van der Waals surface area contributed by atoms with Gasteiger partial charge in [0.25, 0.3) is 0 Å². The van der Waals surface area contributed by atoms with Gasteiger partial charge in [-0.15, -0.1) is 0 Å². The fourth-order valence-corrected chi connectivity index (χ4v) is 7.19. The van der Waals surface area contributed by atoms with Gasteiger partial charge in [-0.1, -0.05) is 48.0 Å². The normalized spacial score (nSPS) is 22.2. The molecule has 0 unspecified atom stereocenters. The zero-order valence-corrected chi connectivity index (χ0v) is 16.9. The third-order valence-corrected chi connectivity index (χ3v) is 8.49. The van der Waals surface area contributed by atoms with Gasteiger partial charge in [-0.2, -0.15) is 4.31 Å². The number of sulfonamides is 1. The molecular formula is C19H23NO5S2. The molecular weight excluding hydrogens is 386 g/mol. The van der Waals surface area contributed by atoms with E-state index in [0.717, 1.165) is 15.4 Å². The zero-order chi connectivity index (χ0) is 19.8. The Hall–Kier alpha value is -1.74. The van der Waals surface area contributed by atoms with Crippen LogP contribution >= 0.6 is 0 Å². The highest BCUT2D eigenvalue weighted by molar-refractivity contribution is 7.92. The van der Waals surface area contributed by atoms with Crippen molar-refractivity contribution in [1.82, 2.24) is 4.31 Å². The van der Waals surface area contributed by atoms with Crippen LogP contribution in [0.3, 0.4) is 0 Å². The Morgan fingerprint density at radius 2 is 1.74 bits per heavy atom. The lowest BCUT2D eigenvalue weighted by Gasteiger charge is -2.30. The molecule has 0 spiro atoms. The second-order valence-electron chi connectivity index (χ2n) is 7.02. The maximum Gasteiger partial charge on any atom is 0.244 e. The number of benzene rings is 2. The maximum absolute atomic E-state index is 13.4. The molecule has 27 heavy (non-hydrogen) atoms. The van der Waals surface area contributed by atoms with E-state index in [-0.39, 0.29) is 17.2 Å². The first-order valence-electron chi connectivity index (χ1n) is 8.62. The Morgan fingerprint density at radius 1 is 1.07 bits per heavy atom. The van der Waals surface area contributed by atoms with Gasteiger partial charge < -0.3 is 5.11 Å². The van der Waals surface area contributed by atoms with Gasteiger partial charge in [-0.3, -0.25) is 0 Å². The maximum atomic E-state index is 13.4. The van der Waals surface area contributed by atoms with Crippen LogP contribution in [0.1, 0.15) is 16.7 Å². The van der Waals surface area contributed by atoms with E-state index in [1.165, 1.54) is 6.07 Å². The molecule has 2 aromatic carbocycles. The topological polar surface area (TPSA) is 91.8 Å². The minimum Gasteiger partial charge on any atom is -0.390 e. The third-order valence-electron chi connectivity index (χ3n) is 4.76. The van der Waals surface area contributed by atoms with Crippen molar-refractivity contribution in [2.45, 2.75) is 37.4 Å². The van der Waals surface area contributed by atoms with Gasteiger partial charge in [0.15, 0.2) is 9.84 Å². The van der Waals surface area contributed by atoms with Crippen molar-refractivity contribution in [1.29, 1.82) is 0 Å². The lowest BCUT2D eigenvalue weighted by Crippen LogP contribution is -2.46. The first-order valence-corrected chi connectivity index (χ1v) is 11.9. The summed E-state index contributed by atoms with van der Waals surface area (Å²) in [7, 11) is -7.50. The fourth-order valence-electron chi connectivity index (χ4n) is 3.44. The summed E-state index contributed by atoms with van der Waals surface area (Å²) >= 11 is 0. The van der Waals surface area contributed by atoms with Crippen molar-refractivity contribution in [3.05, 3.63) is 65.2 Å². The first kappa shape index (κ1) is 20.0. The van der Waals surface area contributed by atoms with Crippen LogP contribution in [0.15, 0.2) is 53.4 Å². The summed E-state index contributed by atoms with van der Waals surface area (Å²) in [5.41, 5.74) is 2.25. The van der Waals surface area contributed by atoms with E-state index in [4.69, 9.17) is 0 Å². The van der Waals surface area contributed by atoms with Gasteiger partial charge in [0.1, 0.15) is 0 Å². The molecule has 1 fully saturated rings. The Morgan fingerprint density at radius 3 is 2.30 bits per heavy atom. The summed E-state index contributed by atoms with van der Waals surface area (Å²) < 4.78 is 52.0. The van der Waals surface area contributed by atoms with E-state index in [1.54, 1.807) is 43.3 Å². The minimum absolute atomic E-state index is 0.00621. The summed E-state index contributed by atoms with van der Waals surface area (Å²) in [4.78, 5) is 0.125. The number of hydrogen-bond acceptors (Lipinski definition) is 5. The molecule has 0 amide bonds. The number of aliphatic hydroxyl groups is 1. The predicted octanol–water partition coefficient (Wildman–Crippen LogP) is 1.65. The molecule has 0 aliphatic carbocycles. The van der Waals surface area contributed by atoms with Crippen LogP contribution in [0.2, 0.25) is 0 Å². The minimum atomic E-state index is -4.00. The van der Waals surface area contributed by atoms with Crippen LogP contribution in [0.4, 0.5) is 0 Å². The van der Waals surface area contributed by atoms with Crippen LogP contribution in [0, 0.1) is 13.8 Å². The molecule has 1 aliphatic heterocycles. The van der Waals surface area contributed by atoms with Gasteiger partial charge in [-0.05, 0) is 31.0 Å². The van der Waals surface area contributed by atoms with Crippen LogP contribution in [-0.2, 0) is 26.4 Å². The molecule has 0 radical (unpaired) electrons. The molecule has 8 heteroatoms. The average Bonchev–Trinajstić information content (AvgIpc) is 2.85. The quantitative estimate of drug-likeness (QED) is 0.811. The molecule has 0 saturated carbocycles. The molecule has 3 rings (SSSR count). The summed E-state index contributed by atoms with van der Waals surface area (Å²) in [5, 5.41) is 10.3. The fraction of sp³-hybridized carbons (Fsp3) is 0.368. The van der Waals surface area contributed by atoms with Crippen LogP contribution in [-0.4, -0.2) is 49.9 Å². The summed E-state index contributed by atoms with van der Waals surface area (Å²) in [6.07, 6.45) is -1.25. The largest absolute Gasteiger partial charge is 0.390 e. The summed E-state index contributed by atoms with van der Waals surface area (Å²) in [6.45, 7) is 3.58. The lowest BCUT2D eigenvalue weighted by molar-refractivity contribution is 0.125. The number of nitrogens with zero attached hydrogens (tertiary/aromatic N) is 1. The van der Waals surface area contributed by atoms with Gasteiger partial charge in [-0.25, -0.2) is 16.8 Å². The molecule has 1 saturated heterocycles. The van der Waals surface area contributed by atoms with Gasteiger partial charge in [0.2, 0.25) is 10.0 Å². The number of hydrogen-bond donors (Lipinski definition) is 1. The molecule has 1 aliphatic rings. The van der Waals surface area contributed by atoms with E-state index < -0.39 is 37.8 Å². The van der Waals surface area contributed by atoms with Crippen molar-refractivity contribution in [2.24, 2.45) is 0 Å². The van der Waals surface area contributed by atoms with E-state index >= 15 is 0 Å². The highest BCUT2D eigenvalue weighted by Crippen LogP contribution is 2.29. The lowest BCUT2D eigenvalue weighted by atomic mass is 10.2. The third kappa shape index (κ3) is 4.24. The molecule has 6 nitrogen and oxygen atoms in total. The zero-order valence-electron chi connectivity index (χ0n) is 15.2. The second kappa shape index (κ2) is 7.35. The van der Waals surface area contributed by atoms with E-state index in [1.807, 2.05) is 13.0 Å². The van der Waals surface area contributed by atoms with E-state index in [9.17, 15) is 21.9 Å². The number of rotatable bonds is 5. The smallest absolute Gasteiger partial charge is 0.244 e. The summed E-state index contributed by atoms with van der Waals surface area (Å²) in [5.74, 6) is -0.809. The van der Waals surface area contributed by atoms with Crippen LogP contribution < -0.4 is 0 Å².